The lowest BCUT2D eigenvalue weighted by Gasteiger charge is -2.25. The zero-order valence-corrected chi connectivity index (χ0v) is 12.8. The molecule has 0 saturated carbocycles. The van der Waals surface area contributed by atoms with Gasteiger partial charge in [0.1, 0.15) is 0 Å². The van der Waals surface area contributed by atoms with Gasteiger partial charge >= 0.3 is 0 Å². The van der Waals surface area contributed by atoms with Gasteiger partial charge in [-0.15, -0.1) is 0 Å². The Morgan fingerprint density at radius 1 is 1.25 bits per heavy atom. The number of anilines is 2. The monoisotopic (exact) mass is 273 g/mol. The van der Waals surface area contributed by atoms with Crippen molar-refractivity contribution in [2.75, 3.05) is 36.8 Å². The maximum Gasteiger partial charge on any atom is 0.0370 e. The highest BCUT2D eigenvalue weighted by Crippen LogP contribution is 2.28. The Balaban J connectivity index is 1.60. The first-order valence-electron chi connectivity index (χ1n) is 7.98. The highest BCUT2D eigenvalue weighted by Gasteiger charge is 2.28. The molecular formula is C17H27N3. The minimum absolute atomic E-state index is 0.794. The Morgan fingerprint density at radius 3 is 2.80 bits per heavy atom. The van der Waals surface area contributed by atoms with Crippen molar-refractivity contribution in [1.82, 2.24) is 4.90 Å². The lowest BCUT2D eigenvalue weighted by molar-refractivity contribution is 0.233. The minimum Gasteiger partial charge on any atom is -0.399 e. The summed E-state index contributed by atoms with van der Waals surface area (Å²) in [5.74, 6) is 0.827. The maximum atomic E-state index is 5.91. The van der Waals surface area contributed by atoms with Gasteiger partial charge in [-0.3, -0.25) is 0 Å². The molecular weight excluding hydrogens is 246 g/mol. The molecule has 1 aromatic carbocycles. The van der Waals surface area contributed by atoms with Crippen molar-refractivity contribution in [1.29, 1.82) is 0 Å². The van der Waals surface area contributed by atoms with E-state index in [2.05, 4.69) is 35.8 Å². The summed E-state index contributed by atoms with van der Waals surface area (Å²) in [6.07, 6.45) is 4.09. The molecule has 1 aromatic rings. The minimum atomic E-state index is 0.794. The first-order valence-corrected chi connectivity index (χ1v) is 7.98. The highest BCUT2D eigenvalue weighted by atomic mass is 15.2. The van der Waals surface area contributed by atoms with E-state index in [1.807, 2.05) is 6.07 Å². The van der Waals surface area contributed by atoms with Crippen LogP contribution in [0.3, 0.4) is 0 Å². The summed E-state index contributed by atoms with van der Waals surface area (Å²) in [6.45, 7) is 9.45. The van der Waals surface area contributed by atoms with Crippen LogP contribution in [0.15, 0.2) is 18.2 Å². The van der Waals surface area contributed by atoms with Crippen molar-refractivity contribution in [2.45, 2.75) is 39.2 Å². The summed E-state index contributed by atoms with van der Waals surface area (Å²) in [4.78, 5) is 5.21. The summed E-state index contributed by atoms with van der Waals surface area (Å²) in [7, 11) is 0. The number of hydrogen-bond donors (Lipinski definition) is 1. The van der Waals surface area contributed by atoms with Crippen molar-refractivity contribution >= 4 is 11.4 Å². The molecule has 0 bridgehead atoms. The molecule has 0 aliphatic carbocycles. The van der Waals surface area contributed by atoms with E-state index in [4.69, 9.17) is 5.73 Å². The topological polar surface area (TPSA) is 32.5 Å². The number of nitrogen functional groups attached to an aromatic ring is 1. The van der Waals surface area contributed by atoms with Gasteiger partial charge in [0.2, 0.25) is 0 Å². The molecule has 0 spiro atoms. The molecule has 2 aliphatic heterocycles. The third-order valence-electron chi connectivity index (χ3n) is 5.09. The van der Waals surface area contributed by atoms with Crippen LogP contribution in [0.25, 0.3) is 0 Å². The van der Waals surface area contributed by atoms with Crippen LogP contribution in [0.4, 0.5) is 11.4 Å². The Bertz CT molecular complexity index is 471. The Hall–Kier alpha value is -1.22. The van der Waals surface area contributed by atoms with Crippen molar-refractivity contribution < 1.29 is 0 Å². The quantitative estimate of drug-likeness (QED) is 0.860. The van der Waals surface area contributed by atoms with Crippen molar-refractivity contribution in [3.8, 4) is 0 Å². The van der Waals surface area contributed by atoms with Crippen LogP contribution in [0, 0.1) is 12.8 Å². The van der Waals surface area contributed by atoms with E-state index in [1.54, 1.807) is 0 Å². The number of hydrogen-bond acceptors (Lipinski definition) is 3. The van der Waals surface area contributed by atoms with Gasteiger partial charge in [0.25, 0.3) is 0 Å². The van der Waals surface area contributed by atoms with E-state index in [0.717, 1.165) is 17.6 Å². The van der Waals surface area contributed by atoms with Crippen LogP contribution in [0.5, 0.6) is 0 Å². The maximum absolute atomic E-state index is 5.91. The molecule has 0 unspecified atom stereocenters. The fourth-order valence-electron chi connectivity index (χ4n) is 3.67. The molecule has 3 rings (SSSR count). The highest BCUT2D eigenvalue weighted by molar-refractivity contribution is 5.58. The number of nitrogens with zero attached hydrogens (tertiary/aromatic N) is 2. The molecule has 2 atom stereocenters. The fourth-order valence-corrected chi connectivity index (χ4v) is 3.67. The molecule has 2 fully saturated rings. The lowest BCUT2D eigenvalue weighted by atomic mass is 10.1. The zero-order valence-electron chi connectivity index (χ0n) is 12.8. The second kappa shape index (κ2) is 5.65. The van der Waals surface area contributed by atoms with Crippen LogP contribution in [-0.2, 0) is 0 Å². The summed E-state index contributed by atoms with van der Waals surface area (Å²) >= 11 is 0. The van der Waals surface area contributed by atoms with Gasteiger partial charge in [0, 0.05) is 37.1 Å². The molecule has 0 amide bonds. The van der Waals surface area contributed by atoms with Gasteiger partial charge in [-0.25, -0.2) is 0 Å². The molecule has 110 valence electrons. The molecule has 2 N–H and O–H groups in total. The van der Waals surface area contributed by atoms with Gasteiger partial charge in [-0.2, -0.15) is 0 Å². The van der Waals surface area contributed by atoms with E-state index in [9.17, 15) is 0 Å². The van der Waals surface area contributed by atoms with E-state index < -0.39 is 0 Å². The average Bonchev–Trinajstić information content (AvgIpc) is 3.04. The van der Waals surface area contributed by atoms with Gasteiger partial charge in [-0.1, -0.05) is 0 Å². The predicted molar refractivity (Wildman–Crippen MR) is 86.2 cm³/mol. The molecule has 2 saturated heterocycles. The Kier molecular flexibility index (Phi) is 3.88. The van der Waals surface area contributed by atoms with E-state index in [1.165, 1.54) is 56.7 Å². The van der Waals surface area contributed by atoms with Gasteiger partial charge < -0.3 is 15.5 Å². The van der Waals surface area contributed by atoms with Gasteiger partial charge in [-0.05, 0) is 69.3 Å². The number of nitrogens with two attached hydrogens (primary N) is 1. The Labute approximate surface area is 122 Å². The Morgan fingerprint density at radius 2 is 2.10 bits per heavy atom. The standard InChI is InChI=1S/C17H27N3/c1-13-10-16(5-6-17(13)18)20-9-7-15(12-20)11-19-8-3-4-14(19)2/h5-6,10,14-15H,3-4,7-9,11-12,18H2,1-2H3/t14-,15+/m0/s1. The summed E-state index contributed by atoms with van der Waals surface area (Å²) in [6, 6.07) is 7.24. The molecule has 3 nitrogen and oxygen atoms in total. The smallest absolute Gasteiger partial charge is 0.0370 e. The summed E-state index contributed by atoms with van der Waals surface area (Å²) in [5, 5.41) is 0. The second-order valence-corrected chi connectivity index (χ2v) is 6.63. The van der Waals surface area contributed by atoms with Crippen LogP contribution in [0.2, 0.25) is 0 Å². The van der Waals surface area contributed by atoms with Crippen LogP contribution >= 0.6 is 0 Å². The van der Waals surface area contributed by atoms with E-state index >= 15 is 0 Å². The molecule has 2 heterocycles. The third kappa shape index (κ3) is 2.78. The molecule has 0 aromatic heterocycles. The molecule has 3 heteroatoms. The van der Waals surface area contributed by atoms with Crippen LogP contribution in [-0.4, -0.2) is 37.1 Å². The number of aryl methyl sites for hydroxylation is 1. The average molecular weight is 273 g/mol. The van der Waals surface area contributed by atoms with Crippen LogP contribution < -0.4 is 10.6 Å². The largest absolute Gasteiger partial charge is 0.399 e. The first-order chi connectivity index (χ1) is 9.63. The summed E-state index contributed by atoms with van der Waals surface area (Å²) < 4.78 is 0. The normalized spacial score (nSPS) is 27.4. The van der Waals surface area contributed by atoms with E-state index in [-0.39, 0.29) is 0 Å². The SMILES string of the molecule is Cc1cc(N2CC[C@H](CN3CCC[C@@H]3C)C2)ccc1N. The molecule has 2 aliphatic rings. The van der Waals surface area contributed by atoms with Crippen LogP contribution in [0.1, 0.15) is 31.7 Å². The second-order valence-electron chi connectivity index (χ2n) is 6.63. The molecule has 0 radical (unpaired) electrons. The number of rotatable bonds is 3. The van der Waals surface area contributed by atoms with Crippen molar-refractivity contribution in [2.24, 2.45) is 5.92 Å². The summed E-state index contributed by atoms with van der Waals surface area (Å²) in [5.41, 5.74) is 9.35. The fraction of sp³-hybridized carbons (Fsp3) is 0.647. The van der Waals surface area contributed by atoms with Gasteiger partial charge in [0.05, 0.1) is 0 Å². The van der Waals surface area contributed by atoms with Gasteiger partial charge in [0.15, 0.2) is 0 Å². The predicted octanol–water partition coefficient (Wildman–Crippen LogP) is 2.89. The first kappa shape index (κ1) is 13.7. The zero-order chi connectivity index (χ0) is 14.1. The van der Waals surface area contributed by atoms with Crippen molar-refractivity contribution in [3.05, 3.63) is 23.8 Å². The van der Waals surface area contributed by atoms with Crippen molar-refractivity contribution in [3.63, 3.8) is 0 Å². The van der Waals surface area contributed by atoms with E-state index in [0.29, 0.717) is 0 Å². The lowest BCUT2D eigenvalue weighted by Crippen LogP contribution is -2.33. The molecule has 20 heavy (non-hydrogen) atoms. The number of likely N-dealkylation sites (tertiary alicyclic amines) is 1. The number of benzene rings is 1. The third-order valence-corrected chi connectivity index (χ3v) is 5.09.